The first-order valence-electron chi connectivity index (χ1n) is 33.6. The van der Waals surface area contributed by atoms with Crippen LogP contribution < -0.4 is 70.8 Å². The van der Waals surface area contributed by atoms with Crippen molar-refractivity contribution in [3.05, 3.63) is 42.0 Å². The maximum absolute atomic E-state index is 15.1. The van der Waals surface area contributed by atoms with E-state index in [1.807, 2.05) is 20.8 Å². The third-order valence-electron chi connectivity index (χ3n) is 17.2. The summed E-state index contributed by atoms with van der Waals surface area (Å²) in [4.78, 5) is 197. The van der Waals surface area contributed by atoms with Crippen molar-refractivity contribution in [2.45, 2.75) is 212 Å². The standard InChI is InChI=1S/C66H109N15O22/c1-29(2)24-31(5)16-19-40(84)26-45(86)74-51(53(88)56(70)90)63(97)77-49(36(10)82)61(95)76-48(34(8)67)60(94)75-47(32(6)33(7)55(69)89)59(93)78-50-37(11)103-66(100)35(9)80(12)65(99)52(54(102-15)38-17-20-39(83)21-18-38)79-58(92)43(22-23-44(68)85)81(13)64(98)41(25-30(3)4)72-46(87)27-71-57(91)42(28-101-14)73-62(50)96/h16-21,29-37,40-43,47-54,66,82-84,88,100H,22-28,67H2,1-15H3,(H2,68,85)(H2,69,89)(H2,70,90)(H,71,91)(H,72,87)(H,73,96)(H,74,86)(H,75,94)(H,76,95)(H,77,97)(H,78,93)(H,79,92). The number of hydrogen-bond donors (Lipinski definition) is 18. The number of hydrogen-bond acceptors (Lipinski definition) is 23. The van der Waals surface area contributed by atoms with E-state index in [0.29, 0.717) is 5.92 Å². The molecule has 1 aromatic rings. The lowest BCUT2D eigenvalue weighted by molar-refractivity contribution is -0.180. The van der Waals surface area contributed by atoms with E-state index in [4.69, 9.17) is 37.1 Å². The Morgan fingerprint density at radius 3 is 1.79 bits per heavy atom. The van der Waals surface area contributed by atoms with E-state index in [1.165, 1.54) is 79.2 Å². The molecule has 20 unspecified atom stereocenters. The van der Waals surface area contributed by atoms with E-state index in [1.54, 1.807) is 19.9 Å². The minimum absolute atomic E-state index is 0.00664. The molecule has 14 amide bonds. The second kappa shape index (κ2) is 42.6. The summed E-state index contributed by atoms with van der Waals surface area (Å²) in [5.41, 5.74) is 23.0. The summed E-state index contributed by atoms with van der Waals surface area (Å²) in [6.07, 6.45) is -8.95. The van der Waals surface area contributed by atoms with Crippen LogP contribution in [-0.4, -0.2) is 257 Å². The van der Waals surface area contributed by atoms with Gasteiger partial charge in [0.2, 0.25) is 82.7 Å². The van der Waals surface area contributed by atoms with Crippen molar-refractivity contribution in [1.82, 2.24) is 57.7 Å². The summed E-state index contributed by atoms with van der Waals surface area (Å²) >= 11 is 0. The molecule has 580 valence electrons. The summed E-state index contributed by atoms with van der Waals surface area (Å²) in [6, 6.07) is -14.6. The SMILES string of the molecule is COCC1NC(=O)C(NC(=O)C(NC(=O)C(NC(=O)C(NC(=O)C(NC(=O)CC(O)C=CC(C)CC(C)C)C(O)C(N)=O)C(C)O)C(C)N)C(C)C(C)C(N)=O)C(C)OC(O)C(C)N(C)C(=O)C(C(OC)c2ccc(O)cc2)NC(=O)C(CCC(N)=O)N(C)C(=O)C(CC(C)C)NC(=O)CNC1=O. The largest absolute Gasteiger partial charge is 0.508 e. The monoisotopic (exact) mass is 1460 g/mol. The van der Waals surface area contributed by atoms with Crippen LogP contribution in [0.1, 0.15) is 120 Å². The van der Waals surface area contributed by atoms with Crippen LogP contribution in [0.15, 0.2) is 36.4 Å². The first-order chi connectivity index (χ1) is 47.9. The number of nitrogens with zero attached hydrogens (tertiary/aromatic N) is 2. The molecule has 103 heavy (non-hydrogen) atoms. The number of carbonyl (C=O) groups is 14. The van der Waals surface area contributed by atoms with Gasteiger partial charge in [0.25, 0.3) is 0 Å². The molecule has 37 heteroatoms. The second-order valence-corrected chi connectivity index (χ2v) is 26.9. The molecule has 0 saturated carbocycles. The lowest BCUT2D eigenvalue weighted by atomic mass is 9.87. The van der Waals surface area contributed by atoms with Crippen LogP contribution in [0.2, 0.25) is 0 Å². The highest BCUT2D eigenvalue weighted by molar-refractivity contribution is 6.00. The summed E-state index contributed by atoms with van der Waals surface area (Å²) in [7, 11) is 4.72. The van der Waals surface area contributed by atoms with Crippen LogP contribution in [0.5, 0.6) is 5.75 Å². The predicted octanol–water partition coefficient (Wildman–Crippen LogP) is -6.24. The molecular weight excluding hydrogens is 1350 g/mol. The highest BCUT2D eigenvalue weighted by Gasteiger charge is 2.45. The molecule has 20 atom stereocenters. The maximum Gasteiger partial charge on any atom is 0.248 e. The number of phenols is 1. The van der Waals surface area contributed by atoms with Gasteiger partial charge >= 0.3 is 0 Å². The van der Waals surface area contributed by atoms with Gasteiger partial charge in [-0.15, -0.1) is 0 Å². The molecule has 1 fully saturated rings. The molecule has 0 spiro atoms. The molecule has 1 heterocycles. The van der Waals surface area contributed by atoms with Crippen molar-refractivity contribution in [1.29, 1.82) is 0 Å². The summed E-state index contributed by atoms with van der Waals surface area (Å²) in [6.45, 7) is 15.0. The molecule has 1 aliphatic heterocycles. The molecule has 37 nitrogen and oxygen atoms in total. The smallest absolute Gasteiger partial charge is 0.248 e. The number of nitrogens with one attached hydrogen (secondary N) is 9. The predicted molar refractivity (Wildman–Crippen MR) is 368 cm³/mol. The number of aromatic hydroxyl groups is 1. The minimum atomic E-state index is -2.45. The number of primary amides is 3. The number of allylic oxidation sites excluding steroid dienone is 1. The van der Waals surface area contributed by atoms with E-state index >= 15 is 9.59 Å². The Kier molecular flexibility index (Phi) is 37.2. The zero-order chi connectivity index (χ0) is 78.8. The van der Waals surface area contributed by atoms with E-state index in [-0.39, 0.29) is 29.6 Å². The number of aliphatic hydroxyl groups excluding tert-OH is 4. The second-order valence-electron chi connectivity index (χ2n) is 26.9. The topological polar surface area (TPSA) is 587 Å². The number of benzene rings is 1. The number of amides is 14. The Balaban J connectivity index is 2.85. The summed E-state index contributed by atoms with van der Waals surface area (Å²) < 4.78 is 17.1. The molecule has 22 N–H and O–H groups in total. The normalized spacial score (nSPS) is 23.7. The van der Waals surface area contributed by atoms with Crippen LogP contribution in [-0.2, 0) is 81.3 Å². The van der Waals surface area contributed by atoms with Gasteiger partial charge in [-0.3, -0.25) is 67.1 Å². The highest BCUT2D eigenvalue weighted by atomic mass is 16.6. The Morgan fingerprint density at radius 2 is 1.26 bits per heavy atom. The highest BCUT2D eigenvalue weighted by Crippen LogP contribution is 2.27. The van der Waals surface area contributed by atoms with Crippen molar-refractivity contribution in [3.63, 3.8) is 0 Å². The Morgan fingerprint density at radius 1 is 0.689 bits per heavy atom. The lowest BCUT2D eigenvalue weighted by Gasteiger charge is -2.37. The zero-order valence-corrected chi connectivity index (χ0v) is 61.0. The number of methoxy groups -OCH3 is 2. The molecule has 0 aromatic heterocycles. The van der Waals surface area contributed by atoms with Crippen molar-refractivity contribution < 1.29 is 107 Å². The van der Waals surface area contributed by atoms with Gasteiger partial charge in [0.1, 0.15) is 66.2 Å². The molecule has 0 radical (unpaired) electrons. The Labute approximate surface area is 598 Å². The number of phenolic OH excluding ortho intramolecular Hbond substituents is 1. The van der Waals surface area contributed by atoms with Gasteiger partial charge in [0, 0.05) is 46.7 Å². The van der Waals surface area contributed by atoms with E-state index < -0.39 is 230 Å². The molecule has 1 saturated heterocycles. The quantitative estimate of drug-likeness (QED) is 0.0298. The number of carbonyl (C=O) groups excluding carboxylic acids is 14. The molecule has 0 bridgehead atoms. The molecular formula is C66H109N15O22. The lowest BCUT2D eigenvalue weighted by Crippen LogP contribution is -2.66. The van der Waals surface area contributed by atoms with E-state index in [9.17, 15) is 83.1 Å². The Hall–Kier alpha value is -8.98. The van der Waals surface area contributed by atoms with Gasteiger partial charge in [0.15, 0.2) is 12.4 Å². The summed E-state index contributed by atoms with van der Waals surface area (Å²) in [5.74, 6) is -19.1. The van der Waals surface area contributed by atoms with Crippen LogP contribution >= 0.6 is 0 Å². The fourth-order valence-electron chi connectivity index (χ4n) is 11.0. The van der Waals surface area contributed by atoms with Gasteiger partial charge in [-0.25, -0.2) is 0 Å². The van der Waals surface area contributed by atoms with E-state index in [2.05, 4.69) is 47.9 Å². The van der Waals surface area contributed by atoms with Gasteiger partial charge in [-0.2, -0.15) is 0 Å². The number of ether oxygens (including phenoxy) is 3. The van der Waals surface area contributed by atoms with Gasteiger partial charge < -0.3 is 120 Å². The maximum atomic E-state index is 15.1. The van der Waals surface area contributed by atoms with Crippen LogP contribution in [0.3, 0.4) is 0 Å². The molecule has 0 aliphatic carbocycles. The average molecular weight is 1460 g/mol. The average Bonchev–Trinajstić information content (AvgIpc) is 0.836. The van der Waals surface area contributed by atoms with Crippen LogP contribution in [0.4, 0.5) is 0 Å². The fraction of sp³-hybridized carbons (Fsp3) is 0.667. The summed E-state index contributed by atoms with van der Waals surface area (Å²) in [5, 5.41) is 75.4. The van der Waals surface area contributed by atoms with Crippen molar-refractivity contribution in [2.24, 2.45) is 52.5 Å². The van der Waals surface area contributed by atoms with Crippen LogP contribution in [0.25, 0.3) is 0 Å². The third kappa shape index (κ3) is 28.3. The minimum Gasteiger partial charge on any atom is -0.508 e. The zero-order valence-electron chi connectivity index (χ0n) is 61.0. The fourth-order valence-corrected chi connectivity index (χ4v) is 11.0. The number of rotatable bonds is 32. The van der Waals surface area contributed by atoms with Crippen molar-refractivity contribution in [2.75, 3.05) is 41.5 Å². The van der Waals surface area contributed by atoms with Crippen molar-refractivity contribution in [3.8, 4) is 5.75 Å². The number of aliphatic hydroxyl groups is 4. The Bertz CT molecular complexity index is 3120. The van der Waals surface area contributed by atoms with E-state index in [0.717, 1.165) is 37.2 Å². The molecule has 1 aliphatic rings. The first kappa shape index (κ1) is 90.1. The molecule has 2 rings (SSSR count). The third-order valence-corrected chi connectivity index (χ3v) is 17.2. The van der Waals surface area contributed by atoms with Gasteiger partial charge in [-0.05, 0) is 88.3 Å². The van der Waals surface area contributed by atoms with Gasteiger partial charge in [0.05, 0.1) is 43.9 Å². The first-order valence-corrected chi connectivity index (χ1v) is 33.6. The van der Waals surface area contributed by atoms with Crippen molar-refractivity contribution >= 4 is 82.7 Å². The number of nitrogens with two attached hydrogens (primary N) is 4. The number of likely N-dealkylation sites (N-methyl/N-ethyl adjacent to an activating group) is 2. The van der Waals surface area contributed by atoms with Gasteiger partial charge in [-0.1, -0.05) is 72.8 Å². The van der Waals surface area contributed by atoms with Crippen LogP contribution in [0, 0.1) is 29.6 Å². The molecule has 1 aromatic carbocycles.